The molecule has 94 heavy (non-hydrogen) atoms. The van der Waals surface area contributed by atoms with Gasteiger partial charge in [-0.25, -0.2) is 0 Å². The number of hydrogen-bond acceptors (Lipinski definition) is 0. The van der Waals surface area contributed by atoms with E-state index in [4.69, 9.17) is 0 Å². The lowest BCUT2D eigenvalue weighted by molar-refractivity contribution is 0.660. The van der Waals surface area contributed by atoms with E-state index in [-0.39, 0.29) is 10.8 Å². The normalized spacial score (nSPS) is 13.9. The van der Waals surface area contributed by atoms with Crippen LogP contribution in [0.3, 0.4) is 0 Å². The standard InChI is InChI=1S/2C47H30/c2*1-47(2)41-25-33(35-19-13-31-11-9-27-5-3-7-29-15-23-39(35)45(31)43(27)29)17-21-37(41)38-22-18-34(26-42(38)47)36-20-14-32-12-10-28-6-4-8-30-16-24-40(36)46(32)44(28)30/h2*3-26H,1-2H3. The van der Waals surface area contributed by atoms with E-state index >= 15 is 0 Å². The van der Waals surface area contributed by atoms with Gasteiger partial charge in [-0.3, -0.25) is 0 Å². The summed E-state index contributed by atoms with van der Waals surface area (Å²) in [5.74, 6) is 0. The molecule has 0 saturated heterocycles. The van der Waals surface area contributed by atoms with Crippen molar-refractivity contribution in [3.63, 3.8) is 0 Å². The van der Waals surface area contributed by atoms with Gasteiger partial charge in [0.25, 0.3) is 0 Å². The zero-order valence-electron chi connectivity index (χ0n) is 52.7. The van der Waals surface area contributed by atoms with Crippen molar-refractivity contribution in [1.29, 1.82) is 0 Å². The van der Waals surface area contributed by atoms with Gasteiger partial charge in [-0.1, -0.05) is 295 Å². The molecule has 0 unspecified atom stereocenters. The van der Waals surface area contributed by atoms with E-state index in [2.05, 4.69) is 319 Å². The van der Waals surface area contributed by atoms with Crippen LogP contribution in [0.2, 0.25) is 0 Å². The molecular formula is C94H60. The first-order valence-electron chi connectivity index (χ1n) is 33.4. The molecule has 436 valence electrons. The maximum absolute atomic E-state index is 2.47. The fraction of sp³-hybridized carbons (Fsp3) is 0.0638. The van der Waals surface area contributed by atoms with Crippen LogP contribution in [0.15, 0.2) is 291 Å². The predicted molar refractivity (Wildman–Crippen MR) is 405 cm³/mol. The third-order valence-corrected chi connectivity index (χ3v) is 22.7. The first-order valence-corrected chi connectivity index (χ1v) is 33.4. The van der Waals surface area contributed by atoms with E-state index in [1.807, 2.05) is 0 Å². The number of hydrogen-bond donors (Lipinski definition) is 0. The van der Waals surface area contributed by atoms with Crippen LogP contribution in [-0.2, 0) is 10.8 Å². The summed E-state index contributed by atoms with van der Waals surface area (Å²) in [5.41, 5.74) is 21.2. The highest BCUT2D eigenvalue weighted by Crippen LogP contribution is 2.55. The minimum atomic E-state index is -0.121. The van der Waals surface area contributed by atoms with Gasteiger partial charge in [-0.15, -0.1) is 0 Å². The Kier molecular flexibility index (Phi) is 10.3. The van der Waals surface area contributed by atoms with Gasteiger partial charge < -0.3 is 0 Å². The van der Waals surface area contributed by atoms with Gasteiger partial charge in [0, 0.05) is 10.8 Å². The van der Waals surface area contributed by atoms with Crippen LogP contribution in [0.5, 0.6) is 0 Å². The molecule has 0 radical (unpaired) electrons. The molecule has 22 rings (SSSR count). The second-order valence-electron chi connectivity index (χ2n) is 28.2. The molecule has 0 atom stereocenters. The van der Waals surface area contributed by atoms with Crippen molar-refractivity contribution in [2.24, 2.45) is 0 Å². The molecule has 0 saturated carbocycles. The molecule has 2 aliphatic carbocycles. The van der Waals surface area contributed by atoms with Gasteiger partial charge >= 0.3 is 0 Å². The van der Waals surface area contributed by atoms with Crippen molar-refractivity contribution >= 4 is 129 Å². The zero-order chi connectivity index (χ0) is 62.0. The van der Waals surface area contributed by atoms with Crippen LogP contribution in [0.4, 0.5) is 0 Å². The molecule has 0 heteroatoms. The summed E-state index contributed by atoms with van der Waals surface area (Å²) in [5, 5.41) is 32.0. The minimum absolute atomic E-state index is 0.121. The lowest BCUT2D eigenvalue weighted by atomic mass is 9.80. The monoisotopic (exact) mass is 1190 g/mol. The smallest absolute Gasteiger partial charge is 0.0159 e. The summed E-state index contributed by atoms with van der Waals surface area (Å²) in [6.07, 6.45) is 0. The SMILES string of the molecule is CC1(C)c2cc(-c3ccc4ccc5cccc6ccc3c4c56)ccc2-c2ccc(-c3ccc4ccc5cccc6ccc3c4c56)cc21.CC1(C)c2cc(-c3ccc4ccc5cccc6ccc3c4c56)ccc2-c2ccc(-c3ccc4ccc5cccc6ccc3c4c56)cc21. The van der Waals surface area contributed by atoms with Crippen molar-refractivity contribution in [2.45, 2.75) is 38.5 Å². The highest BCUT2D eigenvalue weighted by molar-refractivity contribution is 6.29. The van der Waals surface area contributed by atoms with E-state index in [0.717, 1.165) is 0 Å². The Morgan fingerprint density at radius 1 is 0.160 bits per heavy atom. The van der Waals surface area contributed by atoms with Gasteiger partial charge in [0.2, 0.25) is 0 Å². The van der Waals surface area contributed by atoms with E-state index in [1.165, 1.54) is 218 Å². The van der Waals surface area contributed by atoms with Crippen molar-refractivity contribution in [3.8, 4) is 66.8 Å². The largest absolute Gasteiger partial charge is 0.0610 e. The summed E-state index contributed by atoms with van der Waals surface area (Å²) >= 11 is 0. The Labute approximate surface area is 544 Å². The van der Waals surface area contributed by atoms with Crippen LogP contribution in [0.1, 0.15) is 49.9 Å². The highest BCUT2D eigenvalue weighted by Gasteiger charge is 2.38. The second-order valence-corrected chi connectivity index (χ2v) is 28.2. The van der Waals surface area contributed by atoms with Gasteiger partial charge in [-0.05, 0) is 243 Å². The van der Waals surface area contributed by atoms with E-state index < -0.39 is 0 Å². The van der Waals surface area contributed by atoms with E-state index in [1.54, 1.807) is 0 Å². The Bertz CT molecular complexity index is 5780. The highest BCUT2D eigenvalue weighted by atomic mass is 14.4. The molecule has 2 aliphatic rings. The Balaban J connectivity index is 0.000000126. The van der Waals surface area contributed by atoms with Crippen LogP contribution >= 0.6 is 0 Å². The molecule has 0 amide bonds. The van der Waals surface area contributed by atoms with Gasteiger partial charge in [-0.2, -0.15) is 0 Å². The van der Waals surface area contributed by atoms with Crippen molar-refractivity contribution in [3.05, 3.63) is 313 Å². The average molecular weight is 1190 g/mol. The van der Waals surface area contributed by atoms with Gasteiger partial charge in [0.05, 0.1) is 0 Å². The van der Waals surface area contributed by atoms with Gasteiger partial charge in [0.15, 0.2) is 0 Å². The van der Waals surface area contributed by atoms with E-state index in [9.17, 15) is 0 Å². The lowest BCUT2D eigenvalue weighted by Crippen LogP contribution is -2.15. The molecule has 0 N–H and O–H groups in total. The van der Waals surface area contributed by atoms with Crippen molar-refractivity contribution in [2.75, 3.05) is 0 Å². The fourth-order valence-electron chi connectivity index (χ4n) is 18.1. The molecule has 0 aromatic heterocycles. The Hall–Kier alpha value is -11.4. The Morgan fingerprint density at radius 3 is 0.543 bits per heavy atom. The molecule has 0 fully saturated rings. The molecule has 20 aromatic rings. The van der Waals surface area contributed by atoms with E-state index in [0.29, 0.717) is 0 Å². The minimum Gasteiger partial charge on any atom is -0.0610 e. The van der Waals surface area contributed by atoms with Crippen LogP contribution in [0.25, 0.3) is 196 Å². The predicted octanol–water partition coefficient (Wildman–Crippen LogP) is 26.2. The summed E-state index contributed by atoms with van der Waals surface area (Å²) in [6, 6.07) is 110. The third kappa shape index (κ3) is 7.07. The average Bonchev–Trinajstić information content (AvgIpc) is 1.35. The molecule has 0 bridgehead atoms. The van der Waals surface area contributed by atoms with Crippen LogP contribution in [-0.4, -0.2) is 0 Å². The van der Waals surface area contributed by atoms with Crippen LogP contribution < -0.4 is 0 Å². The Morgan fingerprint density at radius 2 is 0.330 bits per heavy atom. The van der Waals surface area contributed by atoms with Gasteiger partial charge in [0.1, 0.15) is 0 Å². The quantitative estimate of drug-likeness (QED) is 0.154. The maximum atomic E-state index is 2.47. The summed E-state index contributed by atoms with van der Waals surface area (Å²) in [4.78, 5) is 0. The summed E-state index contributed by atoms with van der Waals surface area (Å²) in [7, 11) is 0. The number of rotatable bonds is 4. The summed E-state index contributed by atoms with van der Waals surface area (Å²) in [6.45, 7) is 9.61. The molecule has 20 aromatic carbocycles. The van der Waals surface area contributed by atoms with Crippen LogP contribution in [0, 0.1) is 0 Å². The number of fused-ring (bicyclic) bond motifs is 6. The lowest BCUT2D eigenvalue weighted by Gasteiger charge is -2.23. The molecule has 0 heterocycles. The topological polar surface area (TPSA) is 0 Å². The second kappa shape index (κ2) is 18.6. The first kappa shape index (κ1) is 52.2. The molecule has 0 spiro atoms. The first-order chi connectivity index (χ1) is 46.1. The maximum Gasteiger partial charge on any atom is 0.0159 e. The molecule has 0 nitrogen and oxygen atoms in total. The molecule has 0 aliphatic heterocycles. The van der Waals surface area contributed by atoms with Crippen molar-refractivity contribution < 1.29 is 0 Å². The number of benzene rings is 20. The van der Waals surface area contributed by atoms with Crippen molar-refractivity contribution in [1.82, 2.24) is 0 Å². The fourth-order valence-corrected chi connectivity index (χ4v) is 18.1. The summed E-state index contributed by atoms with van der Waals surface area (Å²) < 4.78 is 0. The molecular weight excluding hydrogens is 1130 g/mol. The third-order valence-electron chi connectivity index (χ3n) is 22.7. The zero-order valence-corrected chi connectivity index (χ0v) is 52.7.